The predicted molar refractivity (Wildman–Crippen MR) is 106 cm³/mol. The Morgan fingerprint density at radius 2 is 1.69 bits per heavy atom. The van der Waals surface area contributed by atoms with Gasteiger partial charge in [-0.2, -0.15) is 0 Å². The van der Waals surface area contributed by atoms with E-state index in [-0.39, 0.29) is 5.91 Å². The fourth-order valence-corrected chi connectivity index (χ4v) is 3.30. The monoisotopic (exact) mass is 352 g/mol. The van der Waals surface area contributed by atoms with E-state index < -0.39 is 0 Å². The van der Waals surface area contributed by atoms with E-state index in [4.69, 9.17) is 5.73 Å². The minimum absolute atomic E-state index is 0.0509. The maximum absolute atomic E-state index is 12.1. The molecule has 0 bridgehead atoms. The van der Waals surface area contributed by atoms with Gasteiger partial charge in [0.05, 0.1) is 0 Å². The molecule has 0 aliphatic carbocycles. The van der Waals surface area contributed by atoms with E-state index in [1.807, 2.05) is 0 Å². The van der Waals surface area contributed by atoms with Gasteiger partial charge in [0.25, 0.3) is 5.91 Å². The van der Waals surface area contributed by atoms with Gasteiger partial charge in [-0.1, -0.05) is 36.4 Å². The van der Waals surface area contributed by atoms with E-state index in [0.717, 1.165) is 45.7 Å². The Morgan fingerprint density at radius 1 is 0.962 bits per heavy atom. The van der Waals surface area contributed by atoms with Crippen LogP contribution in [-0.4, -0.2) is 55.0 Å². The zero-order valence-electron chi connectivity index (χ0n) is 15.2. The lowest BCUT2D eigenvalue weighted by molar-refractivity contribution is 0.0947. The van der Waals surface area contributed by atoms with Crippen molar-refractivity contribution >= 4 is 11.6 Å². The van der Waals surface area contributed by atoms with Crippen molar-refractivity contribution in [2.45, 2.75) is 13.0 Å². The Kier molecular flexibility index (Phi) is 6.63. The molecule has 1 aliphatic rings. The number of nitrogens with two attached hydrogens (primary N) is 1. The lowest BCUT2D eigenvalue weighted by atomic mass is 10.2. The Balaban J connectivity index is 1.31. The molecule has 1 aliphatic heterocycles. The van der Waals surface area contributed by atoms with Crippen molar-refractivity contribution in [3.63, 3.8) is 0 Å². The second kappa shape index (κ2) is 9.36. The summed E-state index contributed by atoms with van der Waals surface area (Å²) in [5.74, 6) is -0.0509. The van der Waals surface area contributed by atoms with Crippen LogP contribution in [0.15, 0.2) is 54.6 Å². The Bertz CT molecular complexity index is 696. The van der Waals surface area contributed by atoms with Crippen molar-refractivity contribution in [1.82, 2.24) is 15.1 Å². The van der Waals surface area contributed by atoms with Gasteiger partial charge in [-0.3, -0.25) is 9.69 Å². The second-order valence-corrected chi connectivity index (χ2v) is 6.84. The van der Waals surface area contributed by atoms with E-state index in [0.29, 0.717) is 17.8 Å². The van der Waals surface area contributed by atoms with E-state index in [9.17, 15) is 4.79 Å². The third kappa shape index (κ3) is 5.58. The van der Waals surface area contributed by atoms with Gasteiger partial charge in [0.2, 0.25) is 0 Å². The van der Waals surface area contributed by atoms with E-state index >= 15 is 0 Å². The third-order valence-electron chi connectivity index (χ3n) is 4.80. The van der Waals surface area contributed by atoms with Crippen LogP contribution in [-0.2, 0) is 6.54 Å². The SMILES string of the molecule is Nc1cccc(C(=O)NCCCN2CCN(Cc3ccccc3)CC2)c1. The maximum Gasteiger partial charge on any atom is 0.251 e. The highest BCUT2D eigenvalue weighted by Gasteiger charge is 2.16. The minimum atomic E-state index is -0.0509. The molecule has 138 valence electrons. The molecule has 5 nitrogen and oxygen atoms in total. The van der Waals surface area contributed by atoms with Crippen molar-refractivity contribution in [3.8, 4) is 0 Å². The molecule has 26 heavy (non-hydrogen) atoms. The van der Waals surface area contributed by atoms with Gasteiger partial charge in [-0.05, 0) is 36.7 Å². The van der Waals surface area contributed by atoms with Gasteiger partial charge in [-0.25, -0.2) is 0 Å². The average Bonchev–Trinajstić information content (AvgIpc) is 2.67. The summed E-state index contributed by atoms with van der Waals surface area (Å²) in [7, 11) is 0. The van der Waals surface area contributed by atoms with Crippen LogP contribution in [0, 0.1) is 0 Å². The summed E-state index contributed by atoms with van der Waals surface area (Å²) >= 11 is 0. The number of rotatable bonds is 7. The highest BCUT2D eigenvalue weighted by Crippen LogP contribution is 2.09. The molecule has 1 amide bonds. The van der Waals surface area contributed by atoms with Gasteiger partial charge in [-0.15, -0.1) is 0 Å². The van der Waals surface area contributed by atoms with Crippen molar-refractivity contribution in [3.05, 3.63) is 65.7 Å². The van der Waals surface area contributed by atoms with Crippen molar-refractivity contribution < 1.29 is 4.79 Å². The Hall–Kier alpha value is -2.37. The molecular weight excluding hydrogens is 324 g/mol. The van der Waals surface area contributed by atoms with Crippen LogP contribution < -0.4 is 11.1 Å². The van der Waals surface area contributed by atoms with Crippen molar-refractivity contribution in [2.24, 2.45) is 0 Å². The molecule has 1 heterocycles. The van der Waals surface area contributed by atoms with Crippen molar-refractivity contribution in [1.29, 1.82) is 0 Å². The number of nitrogens with one attached hydrogen (secondary N) is 1. The summed E-state index contributed by atoms with van der Waals surface area (Å²) in [5.41, 5.74) is 8.34. The first-order chi connectivity index (χ1) is 12.7. The molecule has 5 heteroatoms. The molecule has 0 atom stereocenters. The fraction of sp³-hybridized carbons (Fsp3) is 0.381. The number of benzene rings is 2. The number of piperazine rings is 1. The number of hydrogen-bond acceptors (Lipinski definition) is 4. The van der Waals surface area contributed by atoms with Crippen LogP contribution in [0.4, 0.5) is 5.69 Å². The lowest BCUT2D eigenvalue weighted by Gasteiger charge is -2.34. The molecule has 3 rings (SSSR count). The number of hydrogen-bond donors (Lipinski definition) is 2. The first kappa shape index (κ1) is 18.4. The lowest BCUT2D eigenvalue weighted by Crippen LogP contribution is -2.46. The molecule has 0 saturated carbocycles. The molecule has 1 saturated heterocycles. The van der Waals surface area contributed by atoms with E-state index in [1.54, 1.807) is 24.3 Å². The van der Waals surface area contributed by atoms with Crippen molar-refractivity contribution in [2.75, 3.05) is 45.0 Å². The van der Waals surface area contributed by atoms with Crippen LogP contribution in [0.25, 0.3) is 0 Å². The summed E-state index contributed by atoms with van der Waals surface area (Å²) in [6.07, 6.45) is 0.965. The summed E-state index contributed by atoms with van der Waals surface area (Å²) < 4.78 is 0. The number of nitrogens with zero attached hydrogens (tertiary/aromatic N) is 2. The molecule has 0 aromatic heterocycles. The zero-order chi connectivity index (χ0) is 18.2. The van der Waals surface area contributed by atoms with Crippen LogP contribution in [0.3, 0.4) is 0 Å². The summed E-state index contributed by atoms with van der Waals surface area (Å²) in [6.45, 7) is 7.14. The number of carbonyl (C=O) groups is 1. The topological polar surface area (TPSA) is 61.6 Å². The number of anilines is 1. The molecule has 0 radical (unpaired) electrons. The van der Waals surface area contributed by atoms with E-state index in [2.05, 4.69) is 45.4 Å². The van der Waals surface area contributed by atoms with Gasteiger partial charge in [0, 0.05) is 50.5 Å². The molecule has 2 aromatic rings. The summed E-state index contributed by atoms with van der Waals surface area (Å²) in [5, 5.41) is 2.98. The van der Waals surface area contributed by atoms with Crippen LogP contribution >= 0.6 is 0 Å². The molecule has 0 spiro atoms. The van der Waals surface area contributed by atoms with Crippen LogP contribution in [0.2, 0.25) is 0 Å². The van der Waals surface area contributed by atoms with Gasteiger partial charge in [0.15, 0.2) is 0 Å². The number of carbonyl (C=O) groups excluding carboxylic acids is 1. The molecule has 3 N–H and O–H groups in total. The first-order valence-corrected chi connectivity index (χ1v) is 9.33. The van der Waals surface area contributed by atoms with Gasteiger partial charge in [0.1, 0.15) is 0 Å². The molecule has 1 fully saturated rings. The second-order valence-electron chi connectivity index (χ2n) is 6.84. The Morgan fingerprint density at radius 3 is 2.42 bits per heavy atom. The quantitative estimate of drug-likeness (QED) is 0.592. The minimum Gasteiger partial charge on any atom is -0.399 e. The standard InChI is InChI=1S/C21H28N4O/c22-20-9-4-8-19(16-20)21(26)23-10-5-11-24-12-14-25(15-13-24)17-18-6-2-1-3-7-18/h1-4,6-9,16H,5,10-15,17,22H2,(H,23,26). The molecule has 2 aromatic carbocycles. The normalized spacial score (nSPS) is 15.7. The van der Waals surface area contributed by atoms with E-state index in [1.165, 1.54) is 5.56 Å². The molecule has 0 unspecified atom stereocenters. The Labute approximate surface area is 155 Å². The predicted octanol–water partition coefficient (Wildman–Crippen LogP) is 2.21. The number of nitrogen functional groups attached to an aromatic ring is 1. The summed E-state index contributed by atoms with van der Waals surface area (Å²) in [4.78, 5) is 17.1. The fourth-order valence-electron chi connectivity index (χ4n) is 3.30. The maximum atomic E-state index is 12.1. The van der Waals surface area contributed by atoms with Crippen LogP contribution in [0.5, 0.6) is 0 Å². The largest absolute Gasteiger partial charge is 0.399 e. The van der Waals surface area contributed by atoms with Gasteiger partial charge >= 0.3 is 0 Å². The first-order valence-electron chi connectivity index (χ1n) is 9.33. The number of amides is 1. The third-order valence-corrected chi connectivity index (χ3v) is 4.80. The zero-order valence-corrected chi connectivity index (χ0v) is 15.2. The average molecular weight is 352 g/mol. The van der Waals surface area contributed by atoms with Gasteiger partial charge < -0.3 is 16.0 Å². The highest BCUT2D eigenvalue weighted by atomic mass is 16.1. The highest BCUT2D eigenvalue weighted by molar-refractivity contribution is 5.94. The summed E-state index contributed by atoms with van der Waals surface area (Å²) in [6, 6.07) is 17.7. The van der Waals surface area contributed by atoms with Crippen LogP contribution in [0.1, 0.15) is 22.3 Å². The molecular formula is C21H28N4O. The smallest absolute Gasteiger partial charge is 0.251 e.